The van der Waals surface area contributed by atoms with Gasteiger partial charge >= 0.3 is 0 Å². The van der Waals surface area contributed by atoms with E-state index in [0.717, 1.165) is 22.0 Å². The molecule has 2 aromatic rings. The van der Waals surface area contributed by atoms with E-state index in [4.69, 9.17) is 0 Å². The minimum atomic E-state index is -0.128. The topological polar surface area (TPSA) is 54.4 Å². The Morgan fingerprint density at radius 2 is 2.19 bits per heavy atom. The van der Waals surface area contributed by atoms with Crippen LogP contribution in [0.2, 0.25) is 0 Å². The van der Waals surface area contributed by atoms with Crippen LogP contribution >= 0.6 is 23.1 Å². The maximum absolute atomic E-state index is 11.9. The Morgan fingerprint density at radius 1 is 1.33 bits per heavy atom. The number of aromatic nitrogens is 1. The molecule has 4 nitrogen and oxygen atoms in total. The fraction of sp³-hybridized carbons (Fsp3) is 0.133. The number of aliphatic imine (C=N–C) groups is 1. The van der Waals surface area contributed by atoms with Gasteiger partial charge in [-0.05, 0) is 49.4 Å². The molecule has 2 heterocycles. The van der Waals surface area contributed by atoms with Crippen molar-refractivity contribution in [1.29, 1.82) is 0 Å². The van der Waals surface area contributed by atoms with Crippen LogP contribution in [0.1, 0.15) is 16.3 Å². The van der Waals surface area contributed by atoms with Gasteiger partial charge in [-0.1, -0.05) is 12.1 Å². The molecule has 1 aromatic heterocycles. The number of hydrogen-bond acceptors (Lipinski definition) is 5. The van der Waals surface area contributed by atoms with Crippen LogP contribution in [-0.4, -0.2) is 16.1 Å². The Morgan fingerprint density at radius 3 is 2.90 bits per heavy atom. The molecular weight excluding hydrogens is 302 g/mol. The van der Waals surface area contributed by atoms with Gasteiger partial charge in [0.15, 0.2) is 5.17 Å². The molecule has 0 unspecified atom stereocenters. The van der Waals surface area contributed by atoms with Gasteiger partial charge in [0, 0.05) is 5.38 Å². The number of thioether (sulfide) groups is 1. The molecule has 0 aliphatic carbocycles. The average Bonchev–Trinajstić information content (AvgIpc) is 2.97. The SMILES string of the molecule is Cc1cccc(N=C2NC(=O)/C(=C\c3csc(C)n3)S2)c1. The first-order chi connectivity index (χ1) is 10.1. The predicted octanol–water partition coefficient (Wildman–Crippen LogP) is 3.65. The van der Waals surface area contributed by atoms with Crippen molar-refractivity contribution in [3.8, 4) is 0 Å². The molecule has 1 fully saturated rings. The normalized spacial score (nSPS) is 18.5. The fourth-order valence-corrected chi connectivity index (χ4v) is 3.27. The van der Waals surface area contributed by atoms with Crippen molar-refractivity contribution in [1.82, 2.24) is 10.3 Å². The zero-order valence-electron chi connectivity index (χ0n) is 11.6. The van der Waals surface area contributed by atoms with Crippen molar-refractivity contribution in [3.05, 3.63) is 50.8 Å². The van der Waals surface area contributed by atoms with E-state index in [1.54, 1.807) is 17.4 Å². The number of aryl methyl sites for hydroxylation is 2. The van der Waals surface area contributed by atoms with Crippen molar-refractivity contribution in [2.75, 3.05) is 0 Å². The summed E-state index contributed by atoms with van der Waals surface area (Å²) in [6.45, 7) is 3.96. The standard InChI is InChI=1S/C15H13N3OS2/c1-9-4-3-5-11(6-9)17-15-18-14(19)13(21-15)7-12-8-20-10(2)16-12/h3-8H,1-2H3,(H,17,18,19)/b13-7+. The van der Waals surface area contributed by atoms with E-state index in [0.29, 0.717) is 10.1 Å². The number of nitrogens with zero attached hydrogens (tertiary/aromatic N) is 2. The van der Waals surface area contributed by atoms with E-state index < -0.39 is 0 Å². The van der Waals surface area contributed by atoms with Gasteiger partial charge in [-0.3, -0.25) is 4.79 Å². The van der Waals surface area contributed by atoms with Crippen LogP contribution in [0.25, 0.3) is 6.08 Å². The second kappa shape index (κ2) is 5.83. The zero-order chi connectivity index (χ0) is 14.8. The smallest absolute Gasteiger partial charge is 0.264 e. The van der Waals surface area contributed by atoms with Gasteiger partial charge < -0.3 is 5.32 Å². The summed E-state index contributed by atoms with van der Waals surface area (Å²) in [4.78, 5) is 21.4. The van der Waals surface area contributed by atoms with Gasteiger partial charge in [-0.25, -0.2) is 9.98 Å². The van der Waals surface area contributed by atoms with Crippen LogP contribution in [0.15, 0.2) is 39.5 Å². The fourth-order valence-electron chi connectivity index (χ4n) is 1.88. The first-order valence-corrected chi connectivity index (χ1v) is 8.08. The van der Waals surface area contributed by atoms with Crippen LogP contribution in [0.3, 0.4) is 0 Å². The number of rotatable bonds is 2. The lowest BCUT2D eigenvalue weighted by atomic mass is 10.2. The summed E-state index contributed by atoms with van der Waals surface area (Å²) in [5, 5.41) is 6.30. The summed E-state index contributed by atoms with van der Waals surface area (Å²) >= 11 is 2.91. The van der Waals surface area contributed by atoms with Crippen molar-refractivity contribution in [2.45, 2.75) is 13.8 Å². The Bertz CT molecular complexity index is 762. The van der Waals surface area contributed by atoms with Crippen LogP contribution < -0.4 is 5.32 Å². The van der Waals surface area contributed by atoms with Gasteiger partial charge in [0.05, 0.1) is 21.3 Å². The third-order valence-corrected chi connectivity index (χ3v) is 4.50. The van der Waals surface area contributed by atoms with Crippen LogP contribution in [0.4, 0.5) is 5.69 Å². The van der Waals surface area contributed by atoms with Gasteiger partial charge in [-0.2, -0.15) is 0 Å². The molecule has 6 heteroatoms. The summed E-state index contributed by atoms with van der Waals surface area (Å²) in [5.41, 5.74) is 2.79. The maximum atomic E-state index is 11.9. The van der Waals surface area contributed by atoms with E-state index in [1.165, 1.54) is 11.8 Å². The molecule has 1 amide bonds. The highest BCUT2D eigenvalue weighted by molar-refractivity contribution is 8.18. The third kappa shape index (κ3) is 3.40. The highest BCUT2D eigenvalue weighted by Gasteiger charge is 2.24. The molecule has 1 aliphatic rings. The quantitative estimate of drug-likeness (QED) is 0.861. The zero-order valence-corrected chi connectivity index (χ0v) is 13.2. The van der Waals surface area contributed by atoms with E-state index in [-0.39, 0.29) is 5.91 Å². The first kappa shape index (κ1) is 14.0. The van der Waals surface area contributed by atoms with E-state index in [2.05, 4.69) is 15.3 Å². The Labute approximate surface area is 131 Å². The van der Waals surface area contributed by atoms with E-state index in [9.17, 15) is 4.79 Å². The molecule has 1 saturated heterocycles. The van der Waals surface area contributed by atoms with Crippen LogP contribution in [0.5, 0.6) is 0 Å². The molecule has 0 radical (unpaired) electrons. The Balaban J connectivity index is 1.83. The second-order valence-corrected chi connectivity index (χ2v) is 6.70. The number of benzene rings is 1. The number of amidine groups is 1. The summed E-state index contributed by atoms with van der Waals surface area (Å²) in [5.74, 6) is -0.128. The van der Waals surface area contributed by atoms with Crippen molar-refractivity contribution in [2.24, 2.45) is 4.99 Å². The predicted molar refractivity (Wildman–Crippen MR) is 88.8 cm³/mol. The minimum Gasteiger partial charge on any atom is -0.300 e. The molecule has 1 aliphatic heterocycles. The van der Waals surface area contributed by atoms with Crippen molar-refractivity contribution < 1.29 is 4.79 Å². The average molecular weight is 315 g/mol. The van der Waals surface area contributed by atoms with Crippen molar-refractivity contribution in [3.63, 3.8) is 0 Å². The van der Waals surface area contributed by atoms with E-state index >= 15 is 0 Å². The molecule has 0 spiro atoms. The molecule has 1 N–H and O–H groups in total. The lowest BCUT2D eigenvalue weighted by Gasteiger charge is -1.97. The highest BCUT2D eigenvalue weighted by atomic mass is 32.2. The lowest BCUT2D eigenvalue weighted by molar-refractivity contribution is -0.115. The molecule has 0 saturated carbocycles. The molecule has 0 bridgehead atoms. The van der Waals surface area contributed by atoms with Crippen LogP contribution in [-0.2, 0) is 4.79 Å². The maximum Gasteiger partial charge on any atom is 0.264 e. The molecule has 3 rings (SSSR count). The molecular formula is C15H13N3OS2. The van der Waals surface area contributed by atoms with Crippen LogP contribution in [0, 0.1) is 13.8 Å². The lowest BCUT2D eigenvalue weighted by Crippen LogP contribution is -2.19. The van der Waals surface area contributed by atoms with Gasteiger partial charge in [0.1, 0.15) is 0 Å². The summed E-state index contributed by atoms with van der Waals surface area (Å²) < 4.78 is 0. The summed E-state index contributed by atoms with van der Waals surface area (Å²) in [6.07, 6.45) is 1.79. The molecule has 1 aromatic carbocycles. The Hall–Kier alpha value is -1.92. The number of thiazole rings is 1. The summed E-state index contributed by atoms with van der Waals surface area (Å²) in [7, 11) is 0. The van der Waals surface area contributed by atoms with Gasteiger partial charge in [0.25, 0.3) is 5.91 Å². The van der Waals surface area contributed by atoms with E-state index in [1.807, 2.05) is 43.5 Å². The van der Waals surface area contributed by atoms with Gasteiger partial charge in [0.2, 0.25) is 0 Å². The number of carbonyl (C=O) groups excluding carboxylic acids is 1. The number of nitrogens with one attached hydrogen (secondary N) is 1. The van der Waals surface area contributed by atoms with Gasteiger partial charge in [-0.15, -0.1) is 11.3 Å². The number of carbonyl (C=O) groups is 1. The first-order valence-electron chi connectivity index (χ1n) is 6.38. The number of amides is 1. The highest BCUT2D eigenvalue weighted by Crippen LogP contribution is 2.28. The number of hydrogen-bond donors (Lipinski definition) is 1. The minimum absolute atomic E-state index is 0.128. The van der Waals surface area contributed by atoms with Crippen molar-refractivity contribution >= 4 is 45.9 Å². The second-order valence-electron chi connectivity index (χ2n) is 4.61. The summed E-state index contributed by atoms with van der Waals surface area (Å²) in [6, 6.07) is 7.86. The Kier molecular flexibility index (Phi) is 3.90. The molecule has 0 atom stereocenters. The third-order valence-electron chi connectivity index (χ3n) is 2.80. The molecule has 21 heavy (non-hydrogen) atoms. The monoisotopic (exact) mass is 315 g/mol. The molecule has 106 valence electrons. The largest absolute Gasteiger partial charge is 0.300 e.